The number of hydrogen-bond donors (Lipinski definition) is 0. The normalized spacial score (nSPS) is 11.8. The minimum absolute atomic E-state index is 0.266. The van der Waals surface area contributed by atoms with Crippen molar-refractivity contribution >= 4 is 16.7 Å². The maximum atomic E-state index is 13.1. The van der Waals surface area contributed by atoms with E-state index in [1.807, 2.05) is 43.3 Å². The lowest BCUT2D eigenvalue weighted by molar-refractivity contribution is -0.137. The standard InChI is InChI=1S/C23H21F3N4O2/c1-27(2)16-9-11-17(12-10-16)30-18(14-5-7-15(8-6-14)23(24,25)26)13-19-20(30)21(31)29(4)22(32)28(19)3/h5-13H,1-4H3. The van der Waals surface area contributed by atoms with Gasteiger partial charge in [-0.3, -0.25) is 13.9 Å². The highest BCUT2D eigenvalue weighted by Crippen LogP contribution is 2.34. The highest BCUT2D eigenvalue weighted by molar-refractivity contribution is 5.86. The molecule has 0 aliphatic heterocycles. The minimum Gasteiger partial charge on any atom is -0.378 e. The Morgan fingerprint density at radius 2 is 1.44 bits per heavy atom. The number of benzene rings is 2. The van der Waals surface area contributed by atoms with Crippen LogP contribution in [0, 0.1) is 0 Å². The largest absolute Gasteiger partial charge is 0.416 e. The highest BCUT2D eigenvalue weighted by Gasteiger charge is 2.30. The number of nitrogens with zero attached hydrogens (tertiary/aromatic N) is 4. The number of hydrogen-bond acceptors (Lipinski definition) is 3. The van der Waals surface area contributed by atoms with Gasteiger partial charge in [0, 0.05) is 39.6 Å². The van der Waals surface area contributed by atoms with E-state index in [-0.39, 0.29) is 5.52 Å². The summed E-state index contributed by atoms with van der Waals surface area (Å²) in [5.74, 6) is 0. The van der Waals surface area contributed by atoms with Crippen molar-refractivity contribution in [1.82, 2.24) is 13.7 Å². The molecule has 0 N–H and O–H groups in total. The fourth-order valence-electron chi connectivity index (χ4n) is 3.74. The monoisotopic (exact) mass is 442 g/mol. The van der Waals surface area contributed by atoms with Crippen molar-refractivity contribution < 1.29 is 13.2 Å². The van der Waals surface area contributed by atoms with E-state index in [0.29, 0.717) is 22.5 Å². The molecule has 4 aromatic rings. The summed E-state index contributed by atoms with van der Waals surface area (Å²) < 4.78 is 43.2. The molecule has 0 unspecified atom stereocenters. The Labute approximate surface area is 181 Å². The Morgan fingerprint density at radius 1 is 0.844 bits per heavy atom. The second kappa shape index (κ2) is 7.44. The first-order valence-corrected chi connectivity index (χ1v) is 9.77. The van der Waals surface area contributed by atoms with Crippen molar-refractivity contribution in [1.29, 1.82) is 0 Å². The molecule has 166 valence electrons. The van der Waals surface area contributed by atoms with E-state index in [4.69, 9.17) is 0 Å². The zero-order valence-corrected chi connectivity index (χ0v) is 17.9. The first-order valence-electron chi connectivity index (χ1n) is 9.77. The maximum Gasteiger partial charge on any atom is 0.416 e. The molecule has 0 aliphatic rings. The van der Waals surface area contributed by atoms with Crippen LogP contribution >= 0.6 is 0 Å². The van der Waals surface area contributed by atoms with Gasteiger partial charge in [-0.2, -0.15) is 13.2 Å². The van der Waals surface area contributed by atoms with Crippen LogP contribution in [0.15, 0.2) is 64.2 Å². The molecule has 0 saturated heterocycles. The van der Waals surface area contributed by atoms with Gasteiger partial charge < -0.3 is 9.47 Å². The lowest BCUT2D eigenvalue weighted by Gasteiger charge is -2.15. The molecule has 4 rings (SSSR count). The number of aromatic nitrogens is 3. The molecular formula is C23H21F3N4O2. The number of alkyl halides is 3. The number of anilines is 1. The van der Waals surface area contributed by atoms with E-state index >= 15 is 0 Å². The van der Waals surface area contributed by atoms with Gasteiger partial charge in [-0.25, -0.2) is 4.79 Å². The zero-order chi connectivity index (χ0) is 23.4. The Kier molecular flexibility index (Phi) is 4.99. The summed E-state index contributed by atoms with van der Waals surface area (Å²) in [4.78, 5) is 27.5. The molecule has 2 heterocycles. The van der Waals surface area contributed by atoms with Gasteiger partial charge in [-0.05, 0) is 48.0 Å². The molecule has 2 aromatic heterocycles. The quantitative estimate of drug-likeness (QED) is 0.485. The molecule has 0 amide bonds. The predicted molar refractivity (Wildman–Crippen MR) is 119 cm³/mol. The van der Waals surface area contributed by atoms with Crippen molar-refractivity contribution in [2.24, 2.45) is 14.1 Å². The first kappa shape index (κ1) is 21.5. The second-order valence-electron chi connectivity index (χ2n) is 7.79. The van der Waals surface area contributed by atoms with Crippen molar-refractivity contribution in [3.05, 3.63) is 81.0 Å². The van der Waals surface area contributed by atoms with Gasteiger partial charge in [0.05, 0.1) is 16.8 Å². The van der Waals surface area contributed by atoms with E-state index in [2.05, 4.69) is 0 Å². The molecule has 6 nitrogen and oxygen atoms in total. The van der Waals surface area contributed by atoms with Crippen molar-refractivity contribution in [2.75, 3.05) is 19.0 Å². The Morgan fingerprint density at radius 3 is 1.97 bits per heavy atom. The summed E-state index contributed by atoms with van der Waals surface area (Å²) in [5.41, 5.74) is 1.51. The molecule has 2 aromatic carbocycles. The Balaban J connectivity index is 2.05. The zero-order valence-electron chi connectivity index (χ0n) is 17.9. The average Bonchev–Trinajstić information content (AvgIpc) is 3.16. The third kappa shape index (κ3) is 3.39. The van der Waals surface area contributed by atoms with Crippen molar-refractivity contribution in [3.8, 4) is 16.9 Å². The number of aryl methyl sites for hydroxylation is 1. The predicted octanol–water partition coefficient (Wildman–Crippen LogP) is 3.78. The van der Waals surface area contributed by atoms with Gasteiger partial charge in [0.1, 0.15) is 5.52 Å². The summed E-state index contributed by atoms with van der Waals surface area (Å²) in [7, 11) is 6.76. The van der Waals surface area contributed by atoms with Crippen LogP contribution < -0.4 is 16.1 Å². The first-order chi connectivity index (χ1) is 15.0. The van der Waals surface area contributed by atoms with Crippen LogP contribution in [0.5, 0.6) is 0 Å². The molecule has 0 atom stereocenters. The molecular weight excluding hydrogens is 421 g/mol. The van der Waals surface area contributed by atoms with Gasteiger partial charge >= 0.3 is 11.9 Å². The fraction of sp³-hybridized carbons (Fsp3) is 0.217. The van der Waals surface area contributed by atoms with Crippen LogP contribution in [0.4, 0.5) is 18.9 Å². The molecule has 0 fully saturated rings. The highest BCUT2D eigenvalue weighted by atomic mass is 19.4. The summed E-state index contributed by atoms with van der Waals surface area (Å²) in [5, 5.41) is 0. The second-order valence-corrected chi connectivity index (χ2v) is 7.79. The molecule has 0 spiro atoms. The van der Waals surface area contributed by atoms with Gasteiger partial charge in [0.15, 0.2) is 0 Å². The van der Waals surface area contributed by atoms with Crippen LogP contribution in [0.1, 0.15) is 5.56 Å². The van der Waals surface area contributed by atoms with Crippen molar-refractivity contribution in [2.45, 2.75) is 6.18 Å². The SMILES string of the molecule is CN(C)c1ccc(-n2c(-c3ccc(C(F)(F)F)cc3)cc3c2c(=O)n(C)c(=O)n3C)cc1. The molecule has 0 radical (unpaired) electrons. The number of halogens is 3. The minimum atomic E-state index is -4.45. The summed E-state index contributed by atoms with van der Waals surface area (Å²) in [6.45, 7) is 0. The Bertz CT molecular complexity index is 1420. The van der Waals surface area contributed by atoms with Gasteiger partial charge in [0.25, 0.3) is 5.56 Å². The van der Waals surface area contributed by atoms with Gasteiger partial charge in [-0.1, -0.05) is 12.1 Å². The number of rotatable bonds is 3. The van der Waals surface area contributed by atoms with Crippen LogP contribution in [-0.4, -0.2) is 27.8 Å². The third-order valence-corrected chi connectivity index (χ3v) is 5.56. The van der Waals surface area contributed by atoms with Gasteiger partial charge in [-0.15, -0.1) is 0 Å². The number of fused-ring (bicyclic) bond motifs is 1. The maximum absolute atomic E-state index is 13.1. The van der Waals surface area contributed by atoms with Crippen molar-refractivity contribution in [3.63, 3.8) is 0 Å². The fourth-order valence-corrected chi connectivity index (χ4v) is 3.74. The lowest BCUT2D eigenvalue weighted by Crippen LogP contribution is -2.37. The third-order valence-electron chi connectivity index (χ3n) is 5.56. The molecule has 0 saturated carbocycles. The molecule has 32 heavy (non-hydrogen) atoms. The van der Waals surface area contributed by atoms with E-state index in [1.165, 1.54) is 23.7 Å². The average molecular weight is 442 g/mol. The van der Waals surface area contributed by atoms with Crippen LogP contribution in [0.3, 0.4) is 0 Å². The summed E-state index contributed by atoms with van der Waals surface area (Å²) in [6.07, 6.45) is -4.45. The topological polar surface area (TPSA) is 52.2 Å². The Hall–Kier alpha value is -3.75. The van der Waals surface area contributed by atoms with E-state index in [9.17, 15) is 22.8 Å². The molecule has 0 bridgehead atoms. The molecule has 9 heteroatoms. The van der Waals surface area contributed by atoms with E-state index < -0.39 is 23.0 Å². The smallest absolute Gasteiger partial charge is 0.378 e. The van der Waals surface area contributed by atoms with Gasteiger partial charge in [0.2, 0.25) is 0 Å². The van der Waals surface area contributed by atoms with Crippen LogP contribution in [-0.2, 0) is 20.3 Å². The summed E-state index contributed by atoms with van der Waals surface area (Å²) in [6, 6.07) is 13.8. The molecule has 0 aliphatic carbocycles. The van der Waals surface area contributed by atoms with E-state index in [0.717, 1.165) is 22.4 Å². The van der Waals surface area contributed by atoms with Crippen LogP contribution in [0.25, 0.3) is 28.0 Å². The summed E-state index contributed by atoms with van der Waals surface area (Å²) >= 11 is 0. The van der Waals surface area contributed by atoms with Crippen LogP contribution in [0.2, 0.25) is 0 Å². The van der Waals surface area contributed by atoms with E-state index in [1.54, 1.807) is 17.7 Å². The lowest BCUT2D eigenvalue weighted by atomic mass is 10.1.